The summed E-state index contributed by atoms with van der Waals surface area (Å²) in [5.74, 6) is 0.121. The number of Topliss-reactive ketones (excluding diaryl/α,β-unsaturated/α-hetero) is 1. The van der Waals surface area contributed by atoms with Gasteiger partial charge in [0.1, 0.15) is 0 Å². The third-order valence-electron chi connectivity index (χ3n) is 1.80. The lowest BCUT2D eigenvalue weighted by Crippen LogP contribution is -2.11. The Labute approximate surface area is 105 Å². The highest BCUT2D eigenvalue weighted by Crippen LogP contribution is 2.30. The summed E-state index contributed by atoms with van der Waals surface area (Å²) in [6.07, 6.45) is 1.97. The summed E-state index contributed by atoms with van der Waals surface area (Å²) in [5.41, 5.74) is 0.774. The zero-order valence-corrected chi connectivity index (χ0v) is 11.9. The van der Waals surface area contributed by atoms with E-state index in [-0.39, 0.29) is 10.6 Å². The fourth-order valence-corrected chi connectivity index (χ4v) is 2.87. The molecule has 0 aliphatic carbocycles. The molecule has 0 amide bonds. The average Bonchev–Trinajstić information content (AvgIpc) is 2.16. The van der Waals surface area contributed by atoms with Crippen LogP contribution in [0, 0.1) is 0 Å². The van der Waals surface area contributed by atoms with Crippen molar-refractivity contribution in [1.82, 2.24) is 0 Å². The number of rotatable bonds is 3. The van der Waals surface area contributed by atoms with E-state index in [1.165, 1.54) is 0 Å². The molecule has 0 aliphatic heterocycles. The molecular weight excluding hydrogens is 328 g/mol. The summed E-state index contributed by atoms with van der Waals surface area (Å²) in [6.45, 7) is 1.84. The molecule has 0 saturated heterocycles. The van der Waals surface area contributed by atoms with E-state index in [1.54, 1.807) is 11.8 Å². The van der Waals surface area contributed by atoms with Crippen LogP contribution in [0.2, 0.25) is 0 Å². The van der Waals surface area contributed by atoms with E-state index in [2.05, 4.69) is 31.9 Å². The van der Waals surface area contributed by atoms with Gasteiger partial charge in [-0.3, -0.25) is 4.79 Å². The predicted octanol–water partition coefficient (Wildman–Crippen LogP) is 4.14. The molecule has 1 nitrogen and oxygen atoms in total. The molecule has 0 heterocycles. The maximum Gasteiger partial charge on any atom is 0.177 e. The number of halogens is 2. The summed E-state index contributed by atoms with van der Waals surface area (Å²) in [7, 11) is 0. The second kappa shape index (κ2) is 5.33. The van der Waals surface area contributed by atoms with E-state index >= 15 is 0 Å². The molecule has 1 atom stereocenters. The number of thioether (sulfide) groups is 1. The topological polar surface area (TPSA) is 17.1 Å². The molecule has 0 aromatic heterocycles. The highest BCUT2D eigenvalue weighted by molar-refractivity contribution is 9.10. The lowest BCUT2D eigenvalue weighted by Gasteiger charge is -2.09. The first-order valence-corrected chi connectivity index (χ1v) is 7.02. The Kier molecular flexibility index (Phi) is 4.67. The van der Waals surface area contributed by atoms with E-state index in [4.69, 9.17) is 0 Å². The zero-order valence-electron chi connectivity index (χ0n) is 7.88. The first-order chi connectivity index (χ1) is 6.57. The number of benzene rings is 1. The first kappa shape index (κ1) is 12.3. The molecule has 0 fully saturated rings. The Balaban J connectivity index is 3.20. The zero-order chi connectivity index (χ0) is 10.7. The summed E-state index contributed by atoms with van der Waals surface area (Å²) in [5, 5.41) is 0. The maximum atomic E-state index is 11.8. The molecule has 1 aromatic rings. The summed E-state index contributed by atoms with van der Waals surface area (Å²) in [6, 6.07) is 5.69. The molecule has 0 radical (unpaired) electrons. The Morgan fingerprint density at radius 1 is 1.50 bits per heavy atom. The molecule has 0 N–H and O–H groups in total. The van der Waals surface area contributed by atoms with Crippen molar-refractivity contribution in [2.75, 3.05) is 6.26 Å². The molecule has 1 rings (SSSR count). The van der Waals surface area contributed by atoms with Crippen LogP contribution in [0.3, 0.4) is 0 Å². The van der Waals surface area contributed by atoms with E-state index in [0.717, 1.165) is 14.9 Å². The van der Waals surface area contributed by atoms with Crippen LogP contribution in [0.4, 0.5) is 0 Å². The van der Waals surface area contributed by atoms with Gasteiger partial charge in [0.2, 0.25) is 0 Å². The quantitative estimate of drug-likeness (QED) is 0.468. The normalized spacial score (nSPS) is 12.6. The van der Waals surface area contributed by atoms with Crippen molar-refractivity contribution in [3.8, 4) is 0 Å². The molecule has 0 spiro atoms. The lowest BCUT2D eigenvalue weighted by atomic mass is 10.1. The Bertz CT molecular complexity index is 350. The van der Waals surface area contributed by atoms with Crippen LogP contribution in [0.5, 0.6) is 0 Å². The van der Waals surface area contributed by atoms with Gasteiger partial charge in [-0.1, -0.05) is 28.1 Å². The average molecular weight is 338 g/mol. The smallest absolute Gasteiger partial charge is 0.177 e. The van der Waals surface area contributed by atoms with Crippen LogP contribution in [-0.2, 0) is 0 Å². The van der Waals surface area contributed by atoms with Crippen LogP contribution in [0.15, 0.2) is 27.6 Å². The Morgan fingerprint density at radius 2 is 2.14 bits per heavy atom. The largest absolute Gasteiger partial charge is 0.293 e. The van der Waals surface area contributed by atoms with Gasteiger partial charge >= 0.3 is 0 Å². The molecule has 4 heteroatoms. The van der Waals surface area contributed by atoms with Crippen molar-refractivity contribution in [2.45, 2.75) is 16.6 Å². The number of hydrogen-bond acceptors (Lipinski definition) is 2. The minimum atomic E-state index is -0.136. The molecule has 1 unspecified atom stereocenters. The van der Waals surface area contributed by atoms with E-state index < -0.39 is 0 Å². The van der Waals surface area contributed by atoms with Gasteiger partial charge in [-0.25, -0.2) is 0 Å². The van der Waals surface area contributed by atoms with Gasteiger partial charge in [0, 0.05) is 14.9 Å². The fraction of sp³-hybridized carbons (Fsp3) is 0.300. The van der Waals surface area contributed by atoms with Gasteiger partial charge in [-0.15, -0.1) is 11.8 Å². The highest BCUT2D eigenvalue weighted by Gasteiger charge is 2.16. The third-order valence-corrected chi connectivity index (χ3v) is 3.99. The number of carbonyl (C=O) groups is 1. The minimum absolute atomic E-state index is 0.121. The van der Waals surface area contributed by atoms with Crippen molar-refractivity contribution in [3.63, 3.8) is 0 Å². The molecule has 1 aromatic carbocycles. The van der Waals surface area contributed by atoms with Crippen molar-refractivity contribution in [1.29, 1.82) is 0 Å². The first-order valence-electron chi connectivity index (χ1n) is 4.08. The minimum Gasteiger partial charge on any atom is -0.293 e. The molecule has 76 valence electrons. The van der Waals surface area contributed by atoms with Gasteiger partial charge in [0.15, 0.2) is 5.78 Å². The molecule has 0 bridgehead atoms. The Hall–Kier alpha value is 0.200. The van der Waals surface area contributed by atoms with Crippen LogP contribution in [-0.4, -0.2) is 16.9 Å². The summed E-state index contributed by atoms with van der Waals surface area (Å²) >= 11 is 8.31. The van der Waals surface area contributed by atoms with Crippen LogP contribution in [0.25, 0.3) is 0 Å². The monoisotopic (exact) mass is 336 g/mol. The van der Waals surface area contributed by atoms with Crippen LogP contribution < -0.4 is 0 Å². The van der Waals surface area contributed by atoms with E-state index in [9.17, 15) is 4.79 Å². The SMILES string of the molecule is CSc1c(Br)cccc1C(=O)C(C)Br. The van der Waals surface area contributed by atoms with Gasteiger partial charge in [-0.2, -0.15) is 0 Å². The fourth-order valence-electron chi connectivity index (χ4n) is 1.12. The number of alkyl halides is 1. The van der Waals surface area contributed by atoms with Gasteiger partial charge in [0.25, 0.3) is 0 Å². The van der Waals surface area contributed by atoms with Crippen molar-refractivity contribution in [2.24, 2.45) is 0 Å². The van der Waals surface area contributed by atoms with Gasteiger partial charge < -0.3 is 0 Å². The van der Waals surface area contributed by atoms with Crippen LogP contribution >= 0.6 is 43.6 Å². The molecule has 0 saturated carbocycles. The van der Waals surface area contributed by atoms with Crippen molar-refractivity contribution in [3.05, 3.63) is 28.2 Å². The summed E-state index contributed by atoms with van der Waals surface area (Å²) < 4.78 is 0.976. The van der Waals surface area contributed by atoms with E-state index in [1.807, 2.05) is 31.4 Å². The lowest BCUT2D eigenvalue weighted by molar-refractivity contribution is 0.0993. The standard InChI is InChI=1S/C10H10Br2OS/c1-6(11)9(13)7-4-3-5-8(12)10(7)14-2/h3-6H,1-2H3. The Morgan fingerprint density at radius 3 is 2.64 bits per heavy atom. The second-order valence-electron chi connectivity index (χ2n) is 2.80. The summed E-state index contributed by atoms with van der Waals surface area (Å²) in [4.78, 5) is 12.7. The number of carbonyl (C=O) groups excluding carboxylic acids is 1. The third kappa shape index (κ3) is 2.61. The predicted molar refractivity (Wildman–Crippen MR) is 68.6 cm³/mol. The van der Waals surface area contributed by atoms with Gasteiger partial charge in [-0.05, 0) is 35.2 Å². The van der Waals surface area contributed by atoms with E-state index in [0.29, 0.717) is 0 Å². The molecular formula is C10H10Br2OS. The van der Waals surface area contributed by atoms with Crippen molar-refractivity contribution >= 4 is 49.4 Å². The molecule has 0 aliphatic rings. The molecule has 14 heavy (non-hydrogen) atoms. The van der Waals surface area contributed by atoms with Crippen molar-refractivity contribution < 1.29 is 4.79 Å². The maximum absolute atomic E-state index is 11.8. The number of hydrogen-bond donors (Lipinski definition) is 0. The second-order valence-corrected chi connectivity index (χ2v) is 5.85. The van der Waals surface area contributed by atoms with Crippen LogP contribution in [0.1, 0.15) is 17.3 Å². The van der Waals surface area contributed by atoms with Gasteiger partial charge in [0.05, 0.1) is 4.83 Å². The highest BCUT2D eigenvalue weighted by atomic mass is 79.9. The number of ketones is 1.